The van der Waals surface area contributed by atoms with E-state index < -0.39 is 0 Å². The number of fused-ring (bicyclic) bond motifs is 1. The molecule has 5 nitrogen and oxygen atoms in total. The molecule has 1 amide bonds. The van der Waals surface area contributed by atoms with Gasteiger partial charge >= 0.3 is 0 Å². The number of amides is 1. The van der Waals surface area contributed by atoms with E-state index in [0.717, 1.165) is 0 Å². The smallest absolute Gasteiger partial charge is 0.258 e. The molecular weight excluding hydrogens is 311 g/mol. The number of rotatable bonds is 4. The Morgan fingerprint density at radius 2 is 1.83 bits per heavy atom. The first-order valence-electron chi connectivity index (χ1n) is 7.34. The minimum Gasteiger partial charge on any atom is -0.493 e. The van der Waals surface area contributed by atoms with Crippen LogP contribution in [0.5, 0.6) is 11.5 Å². The predicted molar refractivity (Wildman–Crippen MR) is 90.5 cm³/mol. The molecular formula is C18H17FN2O3. The van der Waals surface area contributed by atoms with Gasteiger partial charge in [-0.1, -0.05) is 0 Å². The second-order valence-corrected chi connectivity index (χ2v) is 5.34. The van der Waals surface area contributed by atoms with E-state index in [1.165, 1.54) is 19.2 Å². The Bertz CT molecular complexity index is 918. The zero-order chi connectivity index (χ0) is 17.3. The van der Waals surface area contributed by atoms with Crippen LogP contribution in [-0.4, -0.2) is 25.1 Å². The molecule has 0 spiro atoms. The normalized spacial score (nSPS) is 10.7. The van der Waals surface area contributed by atoms with Crippen molar-refractivity contribution < 1.29 is 18.7 Å². The van der Waals surface area contributed by atoms with Crippen LogP contribution in [0.3, 0.4) is 0 Å². The predicted octanol–water partition coefficient (Wildman–Crippen LogP) is 3.88. The van der Waals surface area contributed by atoms with E-state index in [1.807, 2.05) is 0 Å². The lowest BCUT2D eigenvalue weighted by Crippen LogP contribution is -2.12. The molecule has 0 saturated heterocycles. The summed E-state index contributed by atoms with van der Waals surface area (Å²) in [6, 6.07) is 9.42. The van der Waals surface area contributed by atoms with Crippen LogP contribution in [0.25, 0.3) is 10.9 Å². The van der Waals surface area contributed by atoms with Crippen molar-refractivity contribution in [3.05, 3.63) is 53.5 Å². The number of halogens is 1. The first-order chi connectivity index (χ1) is 11.5. The molecule has 3 rings (SSSR count). The molecule has 3 aromatic rings. The summed E-state index contributed by atoms with van der Waals surface area (Å²) in [7, 11) is 3.08. The van der Waals surface area contributed by atoms with E-state index in [-0.39, 0.29) is 11.7 Å². The van der Waals surface area contributed by atoms with Crippen molar-refractivity contribution in [3.8, 4) is 11.5 Å². The van der Waals surface area contributed by atoms with E-state index in [1.54, 1.807) is 38.3 Å². The second kappa shape index (κ2) is 6.23. The van der Waals surface area contributed by atoms with Gasteiger partial charge in [-0.25, -0.2) is 4.39 Å². The molecule has 0 radical (unpaired) electrons. The molecule has 6 heteroatoms. The van der Waals surface area contributed by atoms with Gasteiger partial charge in [0.2, 0.25) is 0 Å². The van der Waals surface area contributed by atoms with Crippen molar-refractivity contribution in [1.82, 2.24) is 4.98 Å². The largest absolute Gasteiger partial charge is 0.493 e. The van der Waals surface area contributed by atoms with Crippen LogP contribution in [0.1, 0.15) is 16.1 Å². The number of carbonyl (C=O) groups excluding carboxylic acids is 1. The van der Waals surface area contributed by atoms with Gasteiger partial charge in [-0.2, -0.15) is 0 Å². The molecule has 0 fully saturated rings. The van der Waals surface area contributed by atoms with Crippen molar-refractivity contribution in [1.29, 1.82) is 0 Å². The van der Waals surface area contributed by atoms with Crippen LogP contribution in [0, 0.1) is 12.7 Å². The van der Waals surface area contributed by atoms with Gasteiger partial charge in [0.25, 0.3) is 5.91 Å². The summed E-state index contributed by atoms with van der Waals surface area (Å²) >= 11 is 0. The zero-order valence-electron chi connectivity index (χ0n) is 13.6. The lowest BCUT2D eigenvalue weighted by molar-refractivity contribution is 0.102. The average molecular weight is 328 g/mol. The van der Waals surface area contributed by atoms with Crippen molar-refractivity contribution in [2.75, 3.05) is 19.5 Å². The molecule has 0 atom stereocenters. The third-order valence-corrected chi connectivity index (χ3v) is 3.82. The molecule has 0 saturated carbocycles. The number of hydrogen-bond donors (Lipinski definition) is 2. The molecule has 0 bridgehead atoms. The topological polar surface area (TPSA) is 63.3 Å². The van der Waals surface area contributed by atoms with Crippen molar-refractivity contribution in [3.63, 3.8) is 0 Å². The number of aromatic nitrogens is 1. The van der Waals surface area contributed by atoms with E-state index in [4.69, 9.17) is 9.47 Å². The number of anilines is 1. The monoisotopic (exact) mass is 328 g/mol. The molecule has 2 N–H and O–H groups in total. The Balaban J connectivity index is 1.94. The highest BCUT2D eigenvalue weighted by Crippen LogP contribution is 2.30. The maximum atomic E-state index is 13.3. The van der Waals surface area contributed by atoms with Gasteiger partial charge in [0.05, 0.1) is 19.8 Å². The minimum absolute atomic E-state index is 0.280. The Kier molecular flexibility index (Phi) is 4.12. The zero-order valence-corrected chi connectivity index (χ0v) is 13.6. The van der Waals surface area contributed by atoms with Gasteiger partial charge < -0.3 is 19.8 Å². The number of H-pyrrole nitrogens is 1. The molecule has 0 aliphatic carbocycles. The van der Waals surface area contributed by atoms with E-state index in [9.17, 15) is 9.18 Å². The summed E-state index contributed by atoms with van der Waals surface area (Å²) in [6.45, 7) is 1.78. The molecule has 1 aromatic heterocycles. The maximum absolute atomic E-state index is 13.3. The average Bonchev–Trinajstić information content (AvgIpc) is 2.89. The van der Waals surface area contributed by atoms with Crippen LogP contribution in [0.4, 0.5) is 10.1 Å². The summed E-state index contributed by atoms with van der Waals surface area (Å²) < 4.78 is 23.7. The third-order valence-electron chi connectivity index (χ3n) is 3.82. The Morgan fingerprint density at radius 1 is 1.08 bits per heavy atom. The Morgan fingerprint density at radius 3 is 2.54 bits per heavy atom. The van der Waals surface area contributed by atoms with Crippen LogP contribution in [0.2, 0.25) is 0 Å². The standard InChI is InChI=1S/C18H17FN2O3/c1-10-17(13-6-4-11(19)8-14(13)20-10)18(22)21-12-5-7-15(23-2)16(9-12)24-3/h4-9,20H,1-3H3,(H,21,22). The fraction of sp³-hybridized carbons (Fsp3) is 0.167. The highest BCUT2D eigenvalue weighted by Gasteiger charge is 2.17. The van der Waals surface area contributed by atoms with E-state index in [0.29, 0.717) is 39.3 Å². The number of hydrogen-bond acceptors (Lipinski definition) is 3. The molecule has 0 unspecified atom stereocenters. The number of ether oxygens (including phenoxy) is 2. The Hall–Kier alpha value is -3.02. The van der Waals surface area contributed by atoms with Crippen molar-refractivity contribution >= 4 is 22.5 Å². The SMILES string of the molecule is COc1ccc(NC(=O)c2c(C)[nH]c3cc(F)ccc23)cc1OC. The molecule has 2 aromatic carbocycles. The summed E-state index contributed by atoms with van der Waals surface area (Å²) in [4.78, 5) is 15.7. The number of carbonyl (C=O) groups is 1. The molecule has 124 valence electrons. The van der Waals surface area contributed by atoms with Crippen LogP contribution < -0.4 is 14.8 Å². The molecule has 0 aliphatic rings. The number of nitrogens with one attached hydrogen (secondary N) is 2. The quantitative estimate of drug-likeness (QED) is 0.764. The van der Waals surface area contributed by atoms with Crippen molar-refractivity contribution in [2.24, 2.45) is 0 Å². The maximum Gasteiger partial charge on any atom is 0.258 e. The lowest BCUT2D eigenvalue weighted by Gasteiger charge is -2.10. The van der Waals surface area contributed by atoms with Crippen LogP contribution in [0.15, 0.2) is 36.4 Å². The van der Waals surface area contributed by atoms with Gasteiger partial charge in [-0.15, -0.1) is 0 Å². The van der Waals surface area contributed by atoms with Crippen LogP contribution in [-0.2, 0) is 0 Å². The summed E-state index contributed by atoms with van der Waals surface area (Å²) in [5, 5.41) is 3.50. The van der Waals surface area contributed by atoms with Crippen molar-refractivity contribution in [2.45, 2.75) is 6.92 Å². The summed E-state index contributed by atoms with van der Waals surface area (Å²) in [5.74, 6) is 0.468. The van der Waals surface area contributed by atoms with Gasteiger partial charge in [-0.3, -0.25) is 4.79 Å². The number of aryl methyl sites for hydroxylation is 1. The third kappa shape index (κ3) is 2.78. The first-order valence-corrected chi connectivity index (χ1v) is 7.34. The molecule has 0 aliphatic heterocycles. The van der Waals surface area contributed by atoms with Gasteiger partial charge in [0, 0.05) is 28.4 Å². The first kappa shape index (κ1) is 15.9. The highest BCUT2D eigenvalue weighted by atomic mass is 19.1. The summed E-state index contributed by atoms with van der Waals surface area (Å²) in [5.41, 5.74) is 2.33. The molecule has 1 heterocycles. The number of methoxy groups -OCH3 is 2. The van der Waals surface area contributed by atoms with Gasteiger partial charge in [-0.05, 0) is 37.3 Å². The fourth-order valence-corrected chi connectivity index (χ4v) is 2.70. The lowest BCUT2D eigenvalue weighted by atomic mass is 10.1. The Labute approximate surface area is 138 Å². The fourth-order valence-electron chi connectivity index (χ4n) is 2.70. The number of benzene rings is 2. The summed E-state index contributed by atoms with van der Waals surface area (Å²) in [6.07, 6.45) is 0. The van der Waals surface area contributed by atoms with Gasteiger partial charge in [0.1, 0.15) is 5.82 Å². The van der Waals surface area contributed by atoms with Gasteiger partial charge in [0.15, 0.2) is 11.5 Å². The number of aromatic amines is 1. The second-order valence-electron chi connectivity index (χ2n) is 5.34. The van der Waals surface area contributed by atoms with E-state index >= 15 is 0 Å². The van der Waals surface area contributed by atoms with Crippen LogP contribution >= 0.6 is 0 Å². The van der Waals surface area contributed by atoms with E-state index in [2.05, 4.69) is 10.3 Å². The molecule has 24 heavy (non-hydrogen) atoms. The highest BCUT2D eigenvalue weighted by molar-refractivity contribution is 6.14. The minimum atomic E-state index is -0.351.